The largest absolute Gasteiger partial charge is 0.486 e. The average molecular weight is 352 g/mol. The van der Waals surface area contributed by atoms with Gasteiger partial charge >= 0.3 is 0 Å². The van der Waals surface area contributed by atoms with E-state index in [2.05, 4.69) is 10.1 Å². The molecule has 2 aromatic carbocycles. The zero-order valence-electron chi connectivity index (χ0n) is 15.1. The number of nitrogens with zero attached hydrogens (tertiary/aromatic N) is 3. The number of hydrogen-bond donors (Lipinski definition) is 2. The van der Waals surface area contributed by atoms with Crippen LogP contribution in [-0.4, -0.2) is 25.5 Å². The van der Waals surface area contributed by atoms with E-state index in [1.807, 2.05) is 54.6 Å². The Morgan fingerprint density at radius 2 is 1.77 bits per heavy atom. The summed E-state index contributed by atoms with van der Waals surface area (Å²) in [6, 6.07) is 17.2. The first kappa shape index (κ1) is 17.9. The molecule has 6 nitrogen and oxygen atoms in total. The average Bonchev–Trinajstić information content (AvgIpc) is 2.96. The zero-order chi connectivity index (χ0) is 18.6. The van der Waals surface area contributed by atoms with Gasteiger partial charge in [0.25, 0.3) is 0 Å². The number of aliphatic hydroxyl groups is 1. The number of ether oxygens (including phenoxy) is 1. The summed E-state index contributed by atoms with van der Waals surface area (Å²) in [5.41, 5.74) is 6.67. The minimum Gasteiger partial charge on any atom is -0.486 e. The van der Waals surface area contributed by atoms with Crippen LogP contribution < -0.4 is 10.5 Å². The number of hydrogen-bond acceptors (Lipinski definition) is 5. The summed E-state index contributed by atoms with van der Waals surface area (Å²) in [6.07, 6.45) is 0.606. The topological polar surface area (TPSA) is 86.2 Å². The fourth-order valence-electron chi connectivity index (χ4n) is 2.59. The number of anilines is 1. The second-order valence-electron chi connectivity index (χ2n) is 6.93. The smallest absolute Gasteiger partial charge is 0.188 e. The molecule has 0 radical (unpaired) electrons. The first-order valence-electron chi connectivity index (χ1n) is 8.56. The highest BCUT2D eigenvalue weighted by Crippen LogP contribution is 2.15. The molecule has 3 aromatic rings. The van der Waals surface area contributed by atoms with E-state index < -0.39 is 5.60 Å². The zero-order valence-corrected chi connectivity index (χ0v) is 15.1. The van der Waals surface area contributed by atoms with E-state index in [1.165, 1.54) is 0 Å². The summed E-state index contributed by atoms with van der Waals surface area (Å²) in [5, 5.41) is 14.7. The highest BCUT2D eigenvalue weighted by atomic mass is 16.5. The molecule has 26 heavy (non-hydrogen) atoms. The molecule has 6 heteroatoms. The predicted molar refractivity (Wildman–Crippen MR) is 101 cm³/mol. The van der Waals surface area contributed by atoms with E-state index in [0.717, 1.165) is 22.8 Å². The summed E-state index contributed by atoms with van der Waals surface area (Å²) in [6.45, 7) is 4.14. The Bertz CT molecular complexity index is 836. The van der Waals surface area contributed by atoms with Crippen molar-refractivity contribution in [3.63, 3.8) is 0 Å². The van der Waals surface area contributed by atoms with Gasteiger partial charge in [-0.1, -0.05) is 30.3 Å². The maximum atomic E-state index is 10.2. The van der Waals surface area contributed by atoms with Gasteiger partial charge in [-0.25, -0.2) is 9.67 Å². The van der Waals surface area contributed by atoms with Crippen LogP contribution in [0.5, 0.6) is 5.75 Å². The van der Waals surface area contributed by atoms with Gasteiger partial charge in [0.1, 0.15) is 18.2 Å². The lowest BCUT2D eigenvalue weighted by atomic mass is 10.1. The van der Waals surface area contributed by atoms with Crippen molar-refractivity contribution in [1.29, 1.82) is 0 Å². The van der Waals surface area contributed by atoms with Gasteiger partial charge in [-0.2, -0.15) is 5.10 Å². The second kappa shape index (κ2) is 7.58. The van der Waals surface area contributed by atoms with Crippen molar-refractivity contribution >= 4 is 5.69 Å². The molecule has 3 rings (SSSR count). The molecular formula is C20H24N4O2. The van der Waals surface area contributed by atoms with Crippen molar-refractivity contribution in [2.24, 2.45) is 0 Å². The van der Waals surface area contributed by atoms with Gasteiger partial charge in [0.05, 0.1) is 12.1 Å². The molecule has 0 aliphatic carbocycles. The Kier molecular flexibility index (Phi) is 5.23. The van der Waals surface area contributed by atoms with Crippen molar-refractivity contribution in [3.05, 3.63) is 71.8 Å². The standard InChI is InChI=1S/C20H24N4O2/c1-20(2,25)14-24-19(12-15-8-10-16(21)11-9-15)22-18(23-24)13-26-17-6-4-3-5-7-17/h3-11,25H,12-14,21H2,1-2H3. The minimum atomic E-state index is -0.888. The van der Waals surface area contributed by atoms with Gasteiger partial charge in [0, 0.05) is 12.1 Å². The summed E-state index contributed by atoms with van der Waals surface area (Å²) < 4.78 is 7.49. The number of nitrogen functional groups attached to an aromatic ring is 1. The van der Waals surface area contributed by atoms with E-state index in [0.29, 0.717) is 18.8 Å². The van der Waals surface area contributed by atoms with Crippen LogP contribution in [0, 0.1) is 0 Å². The maximum absolute atomic E-state index is 10.2. The molecule has 0 fully saturated rings. The molecule has 0 amide bonds. The van der Waals surface area contributed by atoms with Crippen molar-refractivity contribution in [2.75, 3.05) is 5.73 Å². The number of benzene rings is 2. The van der Waals surface area contributed by atoms with Crippen molar-refractivity contribution < 1.29 is 9.84 Å². The molecule has 0 spiro atoms. The lowest BCUT2D eigenvalue weighted by molar-refractivity contribution is 0.0565. The van der Waals surface area contributed by atoms with Crippen molar-refractivity contribution in [3.8, 4) is 5.75 Å². The van der Waals surface area contributed by atoms with E-state index in [-0.39, 0.29) is 6.61 Å². The Hall–Kier alpha value is -2.86. The van der Waals surface area contributed by atoms with Gasteiger partial charge < -0.3 is 15.6 Å². The quantitative estimate of drug-likeness (QED) is 0.639. The fourth-order valence-corrected chi connectivity index (χ4v) is 2.59. The molecule has 3 N–H and O–H groups in total. The van der Waals surface area contributed by atoms with Crippen LogP contribution >= 0.6 is 0 Å². The Labute approximate surface area is 153 Å². The van der Waals surface area contributed by atoms with E-state index in [4.69, 9.17) is 10.5 Å². The van der Waals surface area contributed by atoms with Gasteiger partial charge in [-0.15, -0.1) is 0 Å². The second-order valence-corrected chi connectivity index (χ2v) is 6.93. The third kappa shape index (κ3) is 5.07. The molecule has 0 saturated carbocycles. The third-order valence-electron chi connectivity index (χ3n) is 3.78. The van der Waals surface area contributed by atoms with Crippen LogP contribution in [0.15, 0.2) is 54.6 Å². The monoisotopic (exact) mass is 352 g/mol. The van der Waals surface area contributed by atoms with Gasteiger partial charge in [0.2, 0.25) is 0 Å². The minimum absolute atomic E-state index is 0.275. The maximum Gasteiger partial charge on any atom is 0.188 e. The van der Waals surface area contributed by atoms with E-state index in [9.17, 15) is 5.11 Å². The number of aromatic nitrogens is 3. The summed E-state index contributed by atoms with van der Waals surface area (Å²) in [5.74, 6) is 2.14. The molecule has 0 atom stereocenters. The molecule has 0 bridgehead atoms. The van der Waals surface area contributed by atoms with Crippen LogP contribution in [0.25, 0.3) is 0 Å². The molecule has 0 unspecified atom stereocenters. The summed E-state index contributed by atoms with van der Waals surface area (Å²) >= 11 is 0. The van der Waals surface area contributed by atoms with Crippen LogP contribution in [0.1, 0.15) is 31.1 Å². The van der Waals surface area contributed by atoms with Gasteiger partial charge in [-0.3, -0.25) is 0 Å². The lowest BCUT2D eigenvalue weighted by Gasteiger charge is -2.18. The SMILES string of the molecule is CC(C)(O)Cn1nc(COc2ccccc2)nc1Cc1ccc(N)cc1. The van der Waals surface area contributed by atoms with Crippen LogP contribution in [0.2, 0.25) is 0 Å². The predicted octanol–water partition coefficient (Wildman–Crippen LogP) is 2.80. The fraction of sp³-hybridized carbons (Fsp3) is 0.300. The highest BCUT2D eigenvalue weighted by Gasteiger charge is 2.19. The molecule has 0 aliphatic rings. The number of rotatable bonds is 7. The third-order valence-corrected chi connectivity index (χ3v) is 3.78. The molecule has 1 aromatic heterocycles. The molecule has 0 saturated heterocycles. The van der Waals surface area contributed by atoms with Gasteiger partial charge in [-0.05, 0) is 43.7 Å². The first-order valence-corrected chi connectivity index (χ1v) is 8.56. The Morgan fingerprint density at radius 3 is 2.42 bits per heavy atom. The van der Waals surface area contributed by atoms with Gasteiger partial charge in [0.15, 0.2) is 5.82 Å². The first-order chi connectivity index (χ1) is 12.4. The summed E-state index contributed by atoms with van der Waals surface area (Å²) in [7, 11) is 0. The number of nitrogens with two attached hydrogens (primary N) is 1. The molecule has 1 heterocycles. The van der Waals surface area contributed by atoms with Crippen LogP contribution in [0.4, 0.5) is 5.69 Å². The van der Waals surface area contributed by atoms with E-state index >= 15 is 0 Å². The molecule has 0 aliphatic heterocycles. The van der Waals surface area contributed by atoms with Crippen molar-refractivity contribution in [1.82, 2.24) is 14.8 Å². The van der Waals surface area contributed by atoms with E-state index in [1.54, 1.807) is 18.5 Å². The Balaban J connectivity index is 1.79. The summed E-state index contributed by atoms with van der Waals surface area (Å²) in [4.78, 5) is 4.61. The molecule has 136 valence electrons. The normalized spacial score (nSPS) is 11.5. The van der Waals surface area contributed by atoms with Crippen molar-refractivity contribution in [2.45, 2.75) is 39.0 Å². The highest BCUT2D eigenvalue weighted by molar-refractivity contribution is 5.39. The Morgan fingerprint density at radius 1 is 1.08 bits per heavy atom. The number of para-hydroxylation sites is 1. The molecular weight excluding hydrogens is 328 g/mol. The van der Waals surface area contributed by atoms with Crippen LogP contribution in [0.3, 0.4) is 0 Å². The lowest BCUT2D eigenvalue weighted by Crippen LogP contribution is -2.28. The van der Waals surface area contributed by atoms with Crippen LogP contribution in [-0.2, 0) is 19.6 Å².